The highest BCUT2D eigenvalue weighted by Gasteiger charge is 2.16. The molecule has 0 atom stereocenters. The molecule has 0 radical (unpaired) electrons. The fraction of sp³-hybridized carbons (Fsp3) is 0.0455. The van der Waals surface area contributed by atoms with Crippen LogP contribution in [-0.2, 0) is 5.75 Å². The number of nitrogens with one attached hydrogen (secondary N) is 1. The number of benzene rings is 2. The minimum absolute atomic E-state index is 0.230. The number of halogens is 1. The topological polar surface area (TPSA) is 93.8 Å². The zero-order chi connectivity index (χ0) is 21.9. The van der Waals surface area contributed by atoms with Crippen LogP contribution >= 0.6 is 23.1 Å². The molecule has 0 spiro atoms. The lowest BCUT2D eigenvalue weighted by Gasteiger charge is -2.06. The van der Waals surface area contributed by atoms with Crippen LogP contribution in [0.25, 0.3) is 22.5 Å². The maximum absolute atomic E-state index is 13.0. The molecule has 5 aromatic rings. The fourth-order valence-electron chi connectivity index (χ4n) is 2.93. The Morgan fingerprint density at radius 1 is 1.03 bits per heavy atom. The lowest BCUT2D eigenvalue weighted by Crippen LogP contribution is -2.11. The molecule has 3 heterocycles. The van der Waals surface area contributed by atoms with Crippen LogP contribution in [0.3, 0.4) is 0 Å². The van der Waals surface area contributed by atoms with Gasteiger partial charge < -0.3 is 9.73 Å². The van der Waals surface area contributed by atoms with Crippen molar-refractivity contribution in [2.75, 3.05) is 5.32 Å². The summed E-state index contributed by atoms with van der Waals surface area (Å²) in [5, 5.41) is 13.4. The molecule has 0 fully saturated rings. The summed E-state index contributed by atoms with van der Waals surface area (Å²) in [6.07, 6.45) is 1.58. The van der Waals surface area contributed by atoms with E-state index in [2.05, 4.69) is 25.5 Å². The zero-order valence-electron chi connectivity index (χ0n) is 16.4. The van der Waals surface area contributed by atoms with Gasteiger partial charge in [0.15, 0.2) is 11.6 Å². The molecule has 0 saturated heterocycles. The van der Waals surface area contributed by atoms with Crippen molar-refractivity contribution in [3.05, 3.63) is 82.8 Å². The molecule has 2 aromatic carbocycles. The number of hydrogen-bond donors (Lipinski definition) is 1. The van der Waals surface area contributed by atoms with E-state index in [1.807, 2.05) is 30.3 Å². The van der Waals surface area contributed by atoms with E-state index in [0.29, 0.717) is 28.0 Å². The third kappa shape index (κ3) is 4.36. The summed E-state index contributed by atoms with van der Waals surface area (Å²) in [7, 11) is 0. The minimum Gasteiger partial charge on any atom is -0.461 e. The highest BCUT2D eigenvalue weighted by molar-refractivity contribution is 7.98. The van der Waals surface area contributed by atoms with E-state index in [1.54, 1.807) is 12.3 Å². The van der Waals surface area contributed by atoms with Crippen molar-refractivity contribution >= 4 is 45.6 Å². The summed E-state index contributed by atoms with van der Waals surface area (Å²) < 4.78 is 18.5. The quantitative estimate of drug-likeness (QED) is 0.265. The van der Waals surface area contributed by atoms with E-state index in [-0.39, 0.29) is 10.8 Å². The number of fused-ring (bicyclic) bond motifs is 1. The third-order valence-electron chi connectivity index (χ3n) is 4.41. The lowest BCUT2D eigenvalue weighted by atomic mass is 10.2. The van der Waals surface area contributed by atoms with Gasteiger partial charge in [-0.3, -0.25) is 4.79 Å². The summed E-state index contributed by atoms with van der Waals surface area (Å²) in [5.74, 6) is 0.824. The molecule has 32 heavy (non-hydrogen) atoms. The number of aromatic nitrogens is 4. The van der Waals surface area contributed by atoms with Gasteiger partial charge in [0, 0.05) is 11.1 Å². The second kappa shape index (κ2) is 8.85. The van der Waals surface area contributed by atoms with Gasteiger partial charge in [0.2, 0.25) is 5.01 Å². The van der Waals surface area contributed by atoms with Crippen LogP contribution in [0.1, 0.15) is 14.8 Å². The summed E-state index contributed by atoms with van der Waals surface area (Å²) in [4.78, 5) is 21.7. The molecule has 0 aliphatic heterocycles. The van der Waals surface area contributed by atoms with Gasteiger partial charge >= 0.3 is 0 Å². The van der Waals surface area contributed by atoms with Crippen LogP contribution in [0, 0.1) is 5.82 Å². The van der Waals surface area contributed by atoms with Gasteiger partial charge in [-0.2, -0.15) is 0 Å². The smallest absolute Gasteiger partial charge is 0.286 e. The molecule has 10 heteroatoms. The van der Waals surface area contributed by atoms with Crippen molar-refractivity contribution < 1.29 is 13.6 Å². The second-order valence-electron chi connectivity index (χ2n) is 6.60. The number of thioether (sulfide) groups is 1. The Bertz CT molecular complexity index is 1390. The monoisotopic (exact) mass is 463 g/mol. The first-order valence-corrected chi connectivity index (χ1v) is 11.3. The Balaban J connectivity index is 1.33. The first-order valence-electron chi connectivity index (χ1n) is 9.48. The molecule has 158 valence electrons. The Kier molecular flexibility index (Phi) is 5.61. The van der Waals surface area contributed by atoms with Crippen LogP contribution < -0.4 is 5.32 Å². The zero-order valence-corrected chi connectivity index (χ0v) is 18.0. The van der Waals surface area contributed by atoms with E-state index in [0.717, 1.165) is 15.9 Å². The number of carbonyl (C=O) groups excluding carboxylic acids is 1. The number of furan rings is 1. The van der Waals surface area contributed by atoms with Crippen molar-refractivity contribution in [2.24, 2.45) is 0 Å². The van der Waals surface area contributed by atoms with E-state index in [9.17, 15) is 9.18 Å². The molecule has 3 aromatic heterocycles. The van der Waals surface area contributed by atoms with Crippen LogP contribution in [0.2, 0.25) is 0 Å². The molecule has 7 nitrogen and oxygen atoms in total. The van der Waals surface area contributed by atoms with Gasteiger partial charge in [-0.1, -0.05) is 41.3 Å². The Morgan fingerprint density at radius 3 is 2.69 bits per heavy atom. The second-order valence-corrected chi connectivity index (χ2v) is 8.62. The number of anilines is 1. The Hall–Kier alpha value is -3.63. The first kappa shape index (κ1) is 20.3. The number of para-hydroxylation sites is 1. The fourth-order valence-corrected chi connectivity index (χ4v) is 4.66. The minimum atomic E-state index is -0.391. The summed E-state index contributed by atoms with van der Waals surface area (Å²) >= 11 is 2.69. The van der Waals surface area contributed by atoms with E-state index in [4.69, 9.17) is 4.42 Å². The average Bonchev–Trinajstić information content (AvgIpc) is 3.51. The SMILES string of the molecule is O=C(Nc1ccc(F)cc1)c1nnc(CSc2nc(-c3ccco3)nc3ccccc23)s1. The molecule has 1 amide bonds. The van der Waals surface area contributed by atoms with Gasteiger partial charge in [0.1, 0.15) is 15.9 Å². The van der Waals surface area contributed by atoms with Crippen LogP contribution in [-0.4, -0.2) is 26.1 Å². The summed E-state index contributed by atoms with van der Waals surface area (Å²) in [5.41, 5.74) is 1.30. The number of carbonyl (C=O) groups is 1. The van der Waals surface area contributed by atoms with Crippen LogP contribution in [0.5, 0.6) is 0 Å². The van der Waals surface area contributed by atoms with Gasteiger partial charge in [0.05, 0.1) is 17.5 Å². The molecule has 1 N–H and O–H groups in total. The Morgan fingerprint density at radius 2 is 1.88 bits per heavy atom. The molecule has 0 unspecified atom stereocenters. The van der Waals surface area contributed by atoms with Gasteiger partial charge in [0.25, 0.3) is 5.91 Å². The van der Waals surface area contributed by atoms with Crippen LogP contribution in [0.4, 0.5) is 10.1 Å². The summed E-state index contributed by atoms with van der Waals surface area (Å²) in [6.45, 7) is 0. The van der Waals surface area contributed by atoms with Crippen LogP contribution in [0.15, 0.2) is 76.4 Å². The molecule has 0 aliphatic rings. The largest absolute Gasteiger partial charge is 0.461 e. The van der Waals surface area contributed by atoms with Gasteiger partial charge in [-0.05, 0) is 42.5 Å². The number of nitrogens with zero attached hydrogens (tertiary/aromatic N) is 4. The predicted molar refractivity (Wildman–Crippen MR) is 121 cm³/mol. The average molecular weight is 464 g/mol. The normalized spacial score (nSPS) is 11.0. The summed E-state index contributed by atoms with van der Waals surface area (Å²) in [6, 6.07) is 16.9. The van der Waals surface area contributed by atoms with Crippen molar-refractivity contribution in [1.29, 1.82) is 0 Å². The van der Waals surface area contributed by atoms with Gasteiger partial charge in [-0.25, -0.2) is 14.4 Å². The number of rotatable bonds is 6. The lowest BCUT2D eigenvalue weighted by molar-refractivity contribution is 0.102. The highest BCUT2D eigenvalue weighted by atomic mass is 32.2. The maximum Gasteiger partial charge on any atom is 0.286 e. The van der Waals surface area contributed by atoms with E-state index >= 15 is 0 Å². The molecule has 5 rings (SSSR count). The first-order chi connectivity index (χ1) is 15.7. The van der Waals surface area contributed by atoms with Crippen molar-refractivity contribution in [3.63, 3.8) is 0 Å². The predicted octanol–water partition coefficient (Wildman–Crippen LogP) is 5.43. The number of amides is 1. The van der Waals surface area contributed by atoms with Gasteiger partial charge in [-0.15, -0.1) is 10.2 Å². The van der Waals surface area contributed by atoms with Crippen molar-refractivity contribution in [3.8, 4) is 11.6 Å². The Labute approximate surface area is 189 Å². The number of hydrogen-bond acceptors (Lipinski definition) is 8. The molecule has 0 aliphatic carbocycles. The molecular weight excluding hydrogens is 449 g/mol. The van der Waals surface area contributed by atoms with E-state index < -0.39 is 5.91 Å². The standard InChI is InChI=1S/C22H14FN5O2S2/c23-13-7-9-14(10-8-13)24-20(29)22-28-27-18(32-22)12-31-21-15-4-1-2-5-16(15)25-19(26-21)17-6-3-11-30-17/h1-11H,12H2,(H,24,29). The molecular formula is C22H14FN5O2S2. The highest BCUT2D eigenvalue weighted by Crippen LogP contribution is 2.31. The molecule has 0 bridgehead atoms. The molecule has 0 saturated carbocycles. The van der Waals surface area contributed by atoms with E-state index in [1.165, 1.54) is 47.4 Å². The third-order valence-corrected chi connectivity index (χ3v) is 6.51. The maximum atomic E-state index is 13.0. The van der Waals surface area contributed by atoms with Crippen molar-refractivity contribution in [1.82, 2.24) is 20.2 Å². The van der Waals surface area contributed by atoms with Crippen molar-refractivity contribution in [2.45, 2.75) is 10.8 Å².